The van der Waals surface area contributed by atoms with Gasteiger partial charge in [0.1, 0.15) is 17.7 Å². The standard InChI is InChI=1S/C18H30FN3O3/c1-4-20-18(21-10-5-11-24-13-12-23-3)22-14-15(2)25-17-8-6-16(19)7-9-17/h6-9,15H,4-5,10-14H2,1-3H3,(H2,20,21,22). The molecular weight excluding hydrogens is 325 g/mol. The summed E-state index contributed by atoms with van der Waals surface area (Å²) >= 11 is 0. The maximum atomic E-state index is 12.9. The molecule has 0 amide bonds. The van der Waals surface area contributed by atoms with E-state index in [2.05, 4.69) is 15.6 Å². The minimum atomic E-state index is -0.275. The number of nitrogens with zero attached hydrogens (tertiary/aromatic N) is 1. The molecule has 0 bridgehead atoms. The molecule has 0 aliphatic heterocycles. The quantitative estimate of drug-likeness (QED) is 0.342. The number of ether oxygens (including phenoxy) is 3. The van der Waals surface area contributed by atoms with E-state index in [1.54, 1.807) is 19.2 Å². The van der Waals surface area contributed by atoms with Gasteiger partial charge in [0, 0.05) is 26.8 Å². The van der Waals surface area contributed by atoms with Crippen molar-refractivity contribution in [3.8, 4) is 5.75 Å². The molecule has 1 aromatic rings. The second-order valence-corrected chi connectivity index (χ2v) is 5.49. The molecule has 25 heavy (non-hydrogen) atoms. The highest BCUT2D eigenvalue weighted by Crippen LogP contribution is 2.12. The highest BCUT2D eigenvalue weighted by molar-refractivity contribution is 5.79. The molecule has 6 nitrogen and oxygen atoms in total. The zero-order valence-electron chi connectivity index (χ0n) is 15.4. The Morgan fingerprint density at radius 2 is 1.92 bits per heavy atom. The average molecular weight is 355 g/mol. The van der Waals surface area contributed by atoms with Crippen LogP contribution in [0.5, 0.6) is 5.75 Å². The van der Waals surface area contributed by atoms with Gasteiger partial charge in [-0.05, 0) is 44.5 Å². The van der Waals surface area contributed by atoms with Crippen LogP contribution >= 0.6 is 0 Å². The number of aliphatic imine (C=N–C) groups is 1. The number of hydrogen-bond acceptors (Lipinski definition) is 4. The van der Waals surface area contributed by atoms with Crippen molar-refractivity contribution < 1.29 is 18.6 Å². The lowest BCUT2D eigenvalue weighted by atomic mass is 10.3. The highest BCUT2D eigenvalue weighted by Gasteiger charge is 2.05. The van der Waals surface area contributed by atoms with Gasteiger partial charge in [0.25, 0.3) is 0 Å². The van der Waals surface area contributed by atoms with Crippen molar-refractivity contribution in [3.63, 3.8) is 0 Å². The highest BCUT2D eigenvalue weighted by atomic mass is 19.1. The minimum Gasteiger partial charge on any atom is -0.489 e. The van der Waals surface area contributed by atoms with Gasteiger partial charge in [-0.25, -0.2) is 9.38 Å². The van der Waals surface area contributed by atoms with E-state index in [9.17, 15) is 4.39 Å². The summed E-state index contributed by atoms with van der Waals surface area (Å²) in [4.78, 5) is 4.51. The van der Waals surface area contributed by atoms with E-state index in [4.69, 9.17) is 14.2 Å². The Labute approximate surface area is 149 Å². The largest absolute Gasteiger partial charge is 0.489 e. The Bertz CT molecular complexity index is 483. The second-order valence-electron chi connectivity index (χ2n) is 5.49. The number of rotatable bonds is 12. The number of benzene rings is 1. The first-order valence-electron chi connectivity index (χ1n) is 8.66. The van der Waals surface area contributed by atoms with Crippen LogP contribution in [0.1, 0.15) is 20.3 Å². The lowest BCUT2D eigenvalue weighted by molar-refractivity contribution is 0.0698. The van der Waals surface area contributed by atoms with Gasteiger partial charge in [0.15, 0.2) is 5.96 Å². The van der Waals surface area contributed by atoms with Gasteiger partial charge < -0.3 is 24.8 Å². The molecule has 142 valence electrons. The summed E-state index contributed by atoms with van der Waals surface area (Å²) in [7, 11) is 1.66. The van der Waals surface area contributed by atoms with Gasteiger partial charge in [-0.2, -0.15) is 0 Å². The fourth-order valence-corrected chi connectivity index (χ4v) is 1.97. The Hall–Kier alpha value is -1.86. The van der Waals surface area contributed by atoms with Crippen LogP contribution in [0, 0.1) is 5.82 Å². The van der Waals surface area contributed by atoms with Crippen LogP contribution in [0.4, 0.5) is 4.39 Å². The van der Waals surface area contributed by atoms with E-state index >= 15 is 0 Å². The zero-order chi connectivity index (χ0) is 18.3. The van der Waals surface area contributed by atoms with Crippen LogP contribution in [0.3, 0.4) is 0 Å². The molecule has 0 fully saturated rings. The van der Waals surface area contributed by atoms with Crippen LogP contribution in [0.25, 0.3) is 0 Å². The topological polar surface area (TPSA) is 64.1 Å². The van der Waals surface area contributed by atoms with E-state index in [0.717, 1.165) is 25.5 Å². The normalized spacial score (nSPS) is 12.7. The lowest BCUT2D eigenvalue weighted by Crippen LogP contribution is -2.38. The SMILES string of the molecule is CCNC(=NCC(C)Oc1ccc(F)cc1)NCCCOCCOC. The summed E-state index contributed by atoms with van der Waals surface area (Å²) in [6.45, 7) is 7.90. The molecule has 0 aromatic heterocycles. The molecule has 1 rings (SSSR count). The van der Waals surface area contributed by atoms with E-state index < -0.39 is 0 Å². The van der Waals surface area contributed by atoms with Crippen LogP contribution in [0.2, 0.25) is 0 Å². The Kier molecular flexibility index (Phi) is 11.4. The number of halogens is 1. The zero-order valence-corrected chi connectivity index (χ0v) is 15.4. The molecule has 0 aliphatic rings. The van der Waals surface area contributed by atoms with Gasteiger partial charge in [0.05, 0.1) is 19.8 Å². The molecule has 0 saturated carbocycles. The number of hydrogen-bond donors (Lipinski definition) is 2. The van der Waals surface area contributed by atoms with Crippen molar-refractivity contribution in [2.24, 2.45) is 4.99 Å². The summed E-state index contributed by atoms with van der Waals surface area (Å²) in [6, 6.07) is 5.99. The molecule has 0 heterocycles. The number of methoxy groups -OCH3 is 1. The molecule has 0 spiro atoms. The van der Waals surface area contributed by atoms with Gasteiger partial charge >= 0.3 is 0 Å². The first-order valence-corrected chi connectivity index (χ1v) is 8.66. The summed E-state index contributed by atoms with van der Waals surface area (Å²) < 4.78 is 28.9. The summed E-state index contributed by atoms with van der Waals surface area (Å²) in [5.41, 5.74) is 0. The van der Waals surface area contributed by atoms with Crippen molar-refractivity contribution in [3.05, 3.63) is 30.1 Å². The predicted molar refractivity (Wildman–Crippen MR) is 97.8 cm³/mol. The van der Waals surface area contributed by atoms with Gasteiger partial charge in [-0.3, -0.25) is 0 Å². The predicted octanol–water partition coefficient (Wildman–Crippen LogP) is 2.20. The average Bonchev–Trinajstić information content (AvgIpc) is 2.60. The van der Waals surface area contributed by atoms with Crippen LogP contribution in [-0.2, 0) is 9.47 Å². The first kappa shape index (κ1) is 21.2. The third-order valence-electron chi connectivity index (χ3n) is 3.19. The molecule has 2 N–H and O–H groups in total. The molecule has 0 aliphatic carbocycles. The van der Waals surface area contributed by atoms with E-state index in [-0.39, 0.29) is 11.9 Å². The summed E-state index contributed by atoms with van der Waals surface area (Å²) in [5, 5.41) is 6.45. The van der Waals surface area contributed by atoms with Crippen LogP contribution in [0.15, 0.2) is 29.3 Å². The maximum absolute atomic E-state index is 12.9. The lowest BCUT2D eigenvalue weighted by Gasteiger charge is -2.15. The van der Waals surface area contributed by atoms with Crippen molar-refractivity contribution >= 4 is 5.96 Å². The Morgan fingerprint density at radius 3 is 2.60 bits per heavy atom. The third kappa shape index (κ3) is 10.6. The van der Waals surface area contributed by atoms with E-state index in [0.29, 0.717) is 32.1 Å². The van der Waals surface area contributed by atoms with Crippen LogP contribution < -0.4 is 15.4 Å². The second kappa shape index (κ2) is 13.4. The van der Waals surface area contributed by atoms with Gasteiger partial charge in [-0.15, -0.1) is 0 Å². The molecular formula is C18H30FN3O3. The van der Waals surface area contributed by atoms with Gasteiger partial charge in [0.2, 0.25) is 0 Å². The fraction of sp³-hybridized carbons (Fsp3) is 0.611. The first-order chi connectivity index (χ1) is 12.2. The maximum Gasteiger partial charge on any atom is 0.191 e. The third-order valence-corrected chi connectivity index (χ3v) is 3.19. The van der Waals surface area contributed by atoms with E-state index in [1.165, 1.54) is 12.1 Å². The Balaban J connectivity index is 2.29. The molecule has 1 unspecified atom stereocenters. The molecule has 1 atom stereocenters. The monoisotopic (exact) mass is 355 g/mol. The minimum absolute atomic E-state index is 0.113. The molecule has 7 heteroatoms. The Morgan fingerprint density at radius 1 is 1.16 bits per heavy atom. The van der Waals surface area contributed by atoms with E-state index in [1.807, 2.05) is 13.8 Å². The van der Waals surface area contributed by atoms with Crippen molar-refractivity contribution in [2.75, 3.05) is 46.6 Å². The smallest absolute Gasteiger partial charge is 0.191 e. The molecule has 1 aromatic carbocycles. The fourth-order valence-electron chi connectivity index (χ4n) is 1.97. The van der Waals surface area contributed by atoms with Gasteiger partial charge in [-0.1, -0.05) is 0 Å². The molecule has 0 radical (unpaired) electrons. The summed E-state index contributed by atoms with van der Waals surface area (Å²) in [6.07, 6.45) is 0.772. The van der Waals surface area contributed by atoms with Crippen molar-refractivity contribution in [1.29, 1.82) is 0 Å². The van der Waals surface area contributed by atoms with Crippen molar-refractivity contribution in [1.82, 2.24) is 10.6 Å². The number of nitrogens with one attached hydrogen (secondary N) is 2. The molecule has 0 saturated heterocycles. The number of guanidine groups is 1. The van der Waals surface area contributed by atoms with Crippen molar-refractivity contribution in [2.45, 2.75) is 26.4 Å². The summed E-state index contributed by atoms with van der Waals surface area (Å²) in [5.74, 6) is 1.10. The van der Waals surface area contributed by atoms with Crippen LogP contribution in [-0.4, -0.2) is 58.6 Å².